The van der Waals surface area contributed by atoms with Crippen molar-refractivity contribution >= 4 is 11.6 Å². The van der Waals surface area contributed by atoms with Crippen molar-refractivity contribution in [2.45, 2.75) is 19.8 Å². The average Bonchev–Trinajstić information content (AvgIpc) is 2.65. The number of hydrogen-bond acceptors (Lipinski definition) is 5. The van der Waals surface area contributed by atoms with E-state index < -0.39 is 0 Å². The Bertz CT molecular complexity index is 773. The summed E-state index contributed by atoms with van der Waals surface area (Å²) >= 11 is 0. The highest BCUT2D eigenvalue weighted by Crippen LogP contribution is 2.35. The monoisotopic (exact) mass is 359 g/mol. The smallest absolute Gasteiger partial charge is 0.221 e. The number of amides is 1. The van der Waals surface area contributed by atoms with Gasteiger partial charge in [0.25, 0.3) is 0 Å². The lowest BCUT2D eigenvalue weighted by atomic mass is 10.0. The Labute approximate surface area is 154 Å². The second-order valence-electron chi connectivity index (χ2n) is 5.73. The highest BCUT2D eigenvalue weighted by molar-refractivity contribution is 5.91. The topological polar surface area (TPSA) is 66.0 Å². The van der Waals surface area contributed by atoms with Crippen LogP contribution in [0.3, 0.4) is 0 Å². The molecule has 0 aliphatic carbocycles. The summed E-state index contributed by atoms with van der Waals surface area (Å²) in [6.45, 7) is 1.46. The normalized spacial score (nSPS) is 10.2. The molecule has 0 bridgehead atoms. The molecule has 6 nitrogen and oxygen atoms in total. The fraction of sp³-hybridized carbons (Fsp3) is 0.350. The lowest BCUT2D eigenvalue weighted by molar-refractivity contribution is -0.114. The van der Waals surface area contributed by atoms with Crippen LogP contribution in [0.4, 0.5) is 5.69 Å². The molecular formula is C20H25NO5. The van der Waals surface area contributed by atoms with Gasteiger partial charge < -0.3 is 24.3 Å². The van der Waals surface area contributed by atoms with Crippen molar-refractivity contribution in [2.75, 3.05) is 33.8 Å². The van der Waals surface area contributed by atoms with Crippen LogP contribution < -0.4 is 24.3 Å². The van der Waals surface area contributed by atoms with E-state index >= 15 is 0 Å². The zero-order valence-corrected chi connectivity index (χ0v) is 15.8. The predicted molar refractivity (Wildman–Crippen MR) is 101 cm³/mol. The fourth-order valence-electron chi connectivity index (χ4n) is 2.83. The van der Waals surface area contributed by atoms with Gasteiger partial charge in [-0.3, -0.25) is 4.79 Å². The van der Waals surface area contributed by atoms with Gasteiger partial charge in [-0.05, 0) is 42.7 Å². The van der Waals surface area contributed by atoms with Gasteiger partial charge in [0.1, 0.15) is 23.0 Å². The number of methoxy groups -OCH3 is 4. The van der Waals surface area contributed by atoms with Gasteiger partial charge in [-0.1, -0.05) is 0 Å². The van der Waals surface area contributed by atoms with Crippen molar-refractivity contribution in [1.29, 1.82) is 0 Å². The number of nitrogens with one attached hydrogen (secondary N) is 1. The first-order chi connectivity index (χ1) is 12.5. The number of rotatable bonds is 8. The van der Waals surface area contributed by atoms with Crippen LogP contribution in [0.5, 0.6) is 23.0 Å². The quantitative estimate of drug-likeness (QED) is 0.782. The highest BCUT2D eigenvalue weighted by Gasteiger charge is 2.15. The molecular weight excluding hydrogens is 334 g/mol. The Morgan fingerprint density at radius 3 is 2.08 bits per heavy atom. The summed E-state index contributed by atoms with van der Waals surface area (Å²) in [5.74, 6) is 2.69. The maximum Gasteiger partial charge on any atom is 0.221 e. The van der Waals surface area contributed by atoms with E-state index in [0.29, 0.717) is 30.0 Å². The molecule has 0 aliphatic rings. The van der Waals surface area contributed by atoms with Crippen LogP contribution in [0.1, 0.15) is 18.1 Å². The lowest BCUT2D eigenvalue weighted by Gasteiger charge is -2.16. The van der Waals surface area contributed by atoms with Crippen molar-refractivity contribution in [2.24, 2.45) is 0 Å². The van der Waals surface area contributed by atoms with E-state index in [9.17, 15) is 4.79 Å². The van der Waals surface area contributed by atoms with E-state index in [1.165, 1.54) is 6.92 Å². The fourth-order valence-corrected chi connectivity index (χ4v) is 2.83. The third kappa shape index (κ3) is 4.59. The van der Waals surface area contributed by atoms with E-state index in [1.807, 2.05) is 24.3 Å². The summed E-state index contributed by atoms with van der Waals surface area (Å²) in [5.41, 5.74) is 2.55. The van der Waals surface area contributed by atoms with Gasteiger partial charge in [0.05, 0.1) is 34.1 Å². The first-order valence-electron chi connectivity index (χ1n) is 8.25. The van der Waals surface area contributed by atoms with Crippen LogP contribution in [0.25, 0.3) is 0 Å². The van der Waals surface area contributed by atoms with Gasteiger partial charge in [0.2, 0.25) is 5.91 Å². The molecule has 0 atom stereocenters. The van der Waals surface area contributed by atoms with Gasteiger partial charge in [-0.2, -0.15) is 0 Å². The molecule has 0 radical (unpaired) electrons. The number of carbonyl (C=O) groups is 1. The Morgan fingerprint density at radius 1 is 0.846 bits per heavy atom. The van der Waals surface area contributed by atoms with Crippen LogP contribution in [0, 0.1) is 0 Å². The van der Waals surface area contributed by atoms with E-state index in [0.717, 1.165) is 22.6 Å². The minimum Gasteiger partial charge on any atom is -0.497 e. The molecule has 0 saturated heterocycles. The molecule has 6 heteroatoms. The van der Waals surface area contributed by atoms with Crippen LogP contribution in [-0.4, -0.2) is 34.3 Å². The molecule has 26 heavy (non-hydrogen) atoms. The molecule has 140 valence electrons. The maximum absolute atomic E-state index is 11.5. The minimum atomic E-state index is -0.169. The van der Waals surface area contributed by atoms with E-state index in [4.69, 9.17) is 18.9 Å². The van der Waals surface area contributed by atoms with Gasteiger partial charge in [0.15, 0.2) is 0 Å². The lowest BCUT2D eigenvalue weighted by Crippen LogP contribution is -2.09. The number of carbonyl (C=O) groups excluding carboxylic acids is 1. The summed E-state index contributed by atoms with van der Waals surface area (Å²) < 4.78 is 21.6. The third-order valence-electron chi connectivity index (χ3n) is 4.04. The second kappa shape index (κ2) is 8.99. The van der Waals surface area contributed by atoms with Crippen molar-refractivity contribution in [3.63, 3.8) is 0 Å². The maximum atomic E-state index is 11.5. The Hall–Kier alpha value is -2.89. The summed E-state index contributed by atoms with van der Waals surface area (Å²) in [6, 6.07) is 9.37. The average molecular weight is 359 g/mol. The van der Waals surface area contributed by atoms with Crippen molar-refractivity contribution in [1.82, 2.24) is 0 Å². The van der Waals surface area contributed by atoms with Gasteiger partial charge in [-0.15, -0.1) is 0 Å². The molecule has 1 amide bonds. The minimum absolute atomic E-state index is 0.169. The number of aryl methyl sites for hydroxylation is 2. The molecule has 0 spiro atoms. The molecule has 2 rings (SSSR count). The molecule has 0 aliphatic heterocycles. The Balaban J connectivity index is 2.35. The zero-order valence-electron chi connectivity index (χ0n) is 15.8. The molecule has 0 aromatic heterocycles. The summed E-state index contributed by atoms with van der Waals surface area (Å²) in [7, 11) is 6.46. The SMILES string of the molecule is COc1ccc(OC)c(CCc2cc(OC)cc(NC(C)=O)c2OC)c1. The Morgan fingerprint density at radius 2 is 1.50 bits per heavy atom. The van der Waals surface area contributed by atoms with Crippen LogP contribution in [0.15, 0.2) is 30.3 Å². The molecule has 1 N–H and O–H groups in total. The van der Waals surface area contributed by atoms with Crippen molar-refractivity contribution in [3.8, 4) is 23.0 Å². The number of hydrogen-bond donors (Lipinski definition) is 1. The number of ether oxygens (including phenoxy) is 4. The molecule has 2 aromatic carbocycles. The summed E-state index contributed by atoms with van der Waals surface area (Å²) in [5, 5.41) is 2.79. The number of benzene rings is 2. The molecule has 0 fully saturated rings. The van der Waals surface area contributed by atoms with Crippen LogP contribution >= 0.6 is 0 Å². The summed E-state index contributed by atoms with van der Waals surface area (Å²) in [4.78, 5) is 11.5. The highest BCUT2D eigenvalue weighted by atomic mass is 16.5. The van der Waals surface area contributed by atoms with Crippen molar-refractivity contribution in [3.05, 3.63) is 41.5 Å². The standard InChI is InChI=1S/C20H25NO5/c1-13(22)21-18-12-17(24-3)11-15(20(18)26-5)7-6-14-10-16(23-2)8-9-19(14)25-4/h8-12H,6-7H2,1-5H3,(H,21,22). The van der Waals surface area contributed by atoms with Crippen LogP contribution in [-0.2, 0) is 17.6 Å². The molecule has 0 saturated carbocycles. The van der Waals surface area contributed by atoms with E-state index in [-0.39, 0.29) is 5.91 Å². The number of anilines is 1. The molecule has 0 unspecified atom stereocenters. The molecule has 2 aromatic rings. The van der Waals surface area contributed by atoms with Gasteiger partial charge in [-0.25, -0.2) is 0 Å². The van der Waals surface area contributed by atoms with E-state index in [1.54, 1.807) is 34.5 Å². The summed E-state index contributed by atoms with van der Waals surface area (Å²) in [6.07, 6.45) is 1.39. The zero-order chi connectivity index (χ0) is 19.1. The largest absolute Gasteiger partial charge is 0.497 e. The molecule has 0 heterocycles. The predicted octanol–water partition coefficient (Wildman–Crippen LogP) is 3.46. The first-order valence-corrected chi connectivity index (χ1v) is 8.25. The Kier molecular flexibility index (Phi) is 6.72. The van der Waals surface area contributed by atoms with Gasteiger partial charge in [0, 0.05) is 18.6 Å². The van der Waals surface area contributed by atoms with Crippen LogP contribution in [0.2, 0.25) is 0 Å². The van der Waals surface area contributed by atoms with E-state index in [2.05, 4.69) is 5.32 Å². The van der Waals surface area contributed by atoms with Gasteiger partial charge >= 0.3 is 0 Å². The third-order valence-corrected chi connectivity index (χ3v) is 4.04. The van der Waals surface area contributed by atoms with Crippen molar-refractivity contribution < 1.29 is 23.7 Å². The second-order valence-corrected chi connectivity index (χ2v) is 5.73. The first kappa shape index (κ1) is 19.4.